The number of rotatable bonds is 4. The Hall–Kier alpha value is -1.79. The molecule has 1 N–H and O–H groups in total. The molecule has 0 bridgehead atoms. The lowest BCUT2D eigenvalue weighted by atomic mass is 10.2. The van der Waals surface area contributed by atoms with Crippen LogP contribution >= 0.6 is 46.4 Å². The number of anilines is 1. The zero-order valence-electron chi connectivity index (χ0n) is 12.5. The first-order chi connectivity index (χ1) is 11.9. The molecular formula is C16H10Cl4N4O. The van der Waals surface area contributed by atoms with Gasteiger partial charge in [0.25, 0.3) is 0 Å². The van der Waals surface area contributed by atoms with Gasteiger partial charge >= 0.3 is 0 Å². The molecule has 0 unspecified atom stereocenters. The van der Waals surface area contributed by atoms with Crippen LogP contribution in [0.5, 0.6) is 0 Å². The lowest BCUT2D eigenvalue weighted by Crippen LogP contribution is -2.19. The molecule has 1 amide bonds. The number of nitrogens with zero attached hydrogens (tertiary/aromatic N) is 3. The lowest BCUT2D eigenvalue weighted by Gasteiger charge is -2.09. The summed E-state index contributed by atoms with van der Waals surface area (Å²) in [5.41, 5.74) is 1.78. The van der Waals surface area contributed by atoms with E-state index in [1.165, 1.54) is 16.8 Å². The maximum Gasteiger partial charge on any atom is 0.246 e. The van der Waals surface area contributed by atoms with Crippen LogP contribution in [0.4, 0.5) is 5.69 Å². The molecule has 0 spiro atoms. The molecule has 0 atom stereocenters. The van der Waals surface area contributed by atoms with Crippen molar-refractivity contribution < 1.29 is 4.79 Å². The van der Waals surface area contributed by atoms with E-state index in [0.717, 1.165) is 5.56 Å². The highest BCUT2D eigenvalue weighted by Crippen LogP contribution is 2.33. The van der Waals surface area contributed by atoms with Crippen molar-refractivity contribution in [2.75, 3.05) is 5.32 Å². The SMILES string of the molecule is O=C(Cn1cc(-c2ccc(Cl)cc2)nn1)Nc1c(Cl)cc(Cl)cc1Cl. The van der Waals surface area contributed by atoms with Crippen LogP contribution in [0.1, 0.15) is 0 Å². The summed E-state index contributed by atoms with van der Waals surface area (Å²) < 4.78 is 1.41. The van der Waals surface area contributed by atoms with Crippen molar-refractivity contribution in [1.82, 2.24) is 15.0 Å². The van der Waals surface area contributed by atoms with Gasteiger partial charge < -0.3 is 5.32 Å². The van der Waals surface area contributed by atoms with Crippen LogP contribution in [0.2, 0.25) is 20.1 Å². The third-order valence-corrected chi connectivity index (χ3v) is 4.32. The lowest BCUT2D eigenvalue weighted by molar-refractivity contribution is -0.116. The molecule has 0 fully saturated rings. The van der Waals surface area contributed by atoms with Crippen LogP contribution < -0.4 is 5.32 Å². The topological polar surface area (TPSA) is 59.8 Å². The zero-order valence-corrected chi connectivity index (χ0v) is 15.5. The predicted octanol–water partition coefficient (Wildman–Crippen LogP) is 5.20. The smallest absolute Gasteiger partial charge is 0.246 e. The molecule has 0 radical (unpaired) electrons. The second kappa shape index (κ2) is 7.62. The first kappa shape index (κ1) is 18.0. The van der Waals surface area contributed by atoms with E-state index in [0.29, 0.717) is 21.4 Å². The fourth-order valence-electron chi connectivity index (χ4n) is 2.12. The first-order valence-electron chi connectivity index (χ1n) is 7.03. The van der Waals surface area contributed by atoms with E-state index in [1.54, 1.807) is 18.3 Å². The molecule has 128 valence electrons. The molecule has 5 nitrogen and oxygen atoms in total. The van der Waals surface area contributed by atoms with Crippen LogP contribution in [0, 0.1) is 0 Å². The van der Waals surface area contributed by atoms with Gasteiger partial charge in [-0.25, -0.2) is 4.68 Å². The Balaban J connectivity index is 1.71. The van der Waals surface area contributed by atoms with Crippen molar-refractivity contribution >= 4 is 58.0 Å². The number of carbonyl (C=O) groups is 1. The number of carbonyl (C=O) groups excluding carboxylic acids is 1. The maximum atomic E-state index is 12.2. The van der Waals surface area contributed by atoms with E-state index >= 15 is 0 Å². The highest BCUT2D eigenvalue weighted by Gasteiger charge is 2.13. The maximum absolute atomic E-state index is 12.2. The van der Waals surface area contributed by atoms with E-state index in [9.17, 15) is 4.79 Å². The Labute approximate surface area is 163 Å². The normalized spacial score (nSPS) is 10.7. The summed E-state index contributed by atoms with van der Waals surface area (Å²) >= 11 is 23.8. The van der Waals surface area contributed by atoms with Gasteiger partial charge in [0.1, 0.15) is 12.2 Å². The molecule has 1 heterocycles. The standard InChI is InChI=1S/C16H10Cl4N4O/c17-10-3-1-9(2-4-10)14-7-24(23-22-14)8-15(25)21-16-12(19)5-11(18)6-13(16)20/h1-7H,8H2,(H,21,25). The number of benzene rings is 2. The molecule has 3 rings (SSSR count). The van der Waals surface area contributed by atoms with Crippen molar-refractivity contribution in [3.8, 4) is 11.3 Å². The number of halogens is 4. The van der Waals surface area contributed by atoms with Crippen molar-refractivity contribution in [3.05, 3.63) is 62.7 Å². The first-order valence-corrected chi connectivity index (χ1v) is 8.54. The average molecular weight is 416 g/mol. The minimum Gasteiger partial charge on any atom is -0.322 e. The van der Waals surface area contributed by atoms with Gasteiger partial charge in [0, 0.05) is 15.6 Å². The van der Waals surface area contributed by atoms with E-state index in [1.807, 2.05) is 12.1 Å². The molecule has 0 aliphatic heterocycles. The summed E-state index contributed by atoms with van der Waals surface area (Å²) in [5, 5.41) is 12.2. The molecule has 25 heavy (non-hydrogen) atoms. The van der Waals surface area contributed by atoms with Crippen molar-refractivity contribution in [2.24, 2.45) is 0 Å². The summed E-state index contributed by atoms with van der Waals surface area (Å²) in [6.07, 6.45) is 1.66. The van der Waals surface area contributed by atoms with Crippen molar-refractivity contribution in [2.45, 2.75) is 6.54 Å². The zero-order chi connectivity index (χ0) is 18.0. The van der Waals surface area contributed by atoms with Gasteiger partial charge in [-0.3, -0.25) is 4.79 Å². The van der Waals surface area contributed by atoms with Gasteiger partial charge in [-0.1, -0.05) is 63.7 Å². The molecule has 0 aliphatic rings. The minimum atomic E-state index is -0.348. The third kappa shape index (κ3) is 4.44. The highest BCUT2D eigenvalue weighted by atomic mass is 35.5. The van der Waals surface area contributed by atoms with E-state index in [2.05, 4.69) is 15.6 Å². The second-order valence-corrected chi connectivity index (χ2v) is 6.79. The van der Waals surface area contributed by atoms with Gasteiger partial charge in [-0.15, -0.1) is 5.10 Å². The molecular weight excluding hydrogens is 406 g/mol. The Bertz CT molecular complexity index is 901. The highest BCUT2D eigenvalue weighted by molar-refractivity contribution is 6.42. The van der Waals surface area contributed by atoms with Crippen LogP contribution in [0.25, 0.3) is 11.3 Å². The number of nitrogens with one attached hydrogen (secondary N) is 1. The van der Waals surface area contributed by atoms with E-state index in [4.69, 9.17) is 46.4 Å². The molecule has 0 saturated heterocycles. The minimum absolute atomic E-state index is 0.0458. The van der Waals surface area contributed by atoms with Crippen LogP contribution in [0.15, 0.2) is 42.6 Å². The summed E-state index contributed by atoms with van der Waals surface area (Å²) in [6.45, 7) is -0.0458. The monoisotopic (exact) mass is 414 g/mol. The molecule has 3 aromatic rings. The average Bonchev–Trinajstić information content (AvgIpc) is 3.00. The van der Waals surface area contributed by atoms with Crippen LogP contribution in [-0.2, 0) is 11.3 Å². The summed E-state index contributed by atoms with van der Waals surface area (Å²) in [6, 6.07) is 10.2. The molecule has 9 heteroatoms. The second-order valence-electron chi connectivity index (χ2n) is 5.10. The molecule has 0 saturated carbocycles. The van der Waals surface area contributed by atoms with Gasteiger partial charge in [-0.05, 0) is 24.3 Å². The van der Waals surface area contributed by atoms with Crippen molar-refractivity contribution in [1.29, 1.82) is 0 Å². The Morgan fingerprint density at radius 3 is 2.28 bits per heavy atom. The Morgan fingerprint density at radius 2 is 1.64 bits per heavy atom. The largest absolute Gasteiger partial charge is 0.322 e. The fraction of sp³-hybridized carbons (Fsp3) is 0.0625. The van der Waals surface area contributed by atoms with Crippen LogP contribution in [0.3, 0.4) is 0 Å². The number of hydrogen-bond donors (Lipinski definition) is 1. The fourth-order valence-corrected chi connectivity index (χ4v) is 3.15. The van der Waals surface area contributed by atoms with Gasteiger partial charge in [0.15, 0.2) is 0 Å². The summed E-state index contributed by atoms with van der Waals surface area (Å²) in [7, 11) is 0. The molecule has 0 aliphatic carbocycles. The van der Waals surface area contributed by atoms with Crippen molar-refractivity contribution in [3.63, 3.8) is 0 Å². The van der Waals surface area contributed by atoms with E-state index < -0.39 is 0 Å². The third-order valence-electron chi connectivity index (χ3n) is 3.26. The van der Waals surface area contributed by atoms with E-state index in [-0.39, 0.29) is 22.5 Å². The van der Waals surface area contributed by atoms with Gasteiger partial charge in [-0.2, -0.15) is 0 Å². The molecule has 1 aromatic heterocycles. The van der Waals surface area contributed by atoms with Crippen LogP contribution in [-0.4, -0.2) is 20.9 Å². The summed E-state index contributed by atoms with van der Waals surface area (Å²) in [4.78, 5) is 12.2. The number of aromatic nitrogens is 3. The summed E-state index contributed by atoms with van der Waals surface area (Å²) in [5.74, 6) is -0.348. The van der Waals surface area contributed by atoms with Gasteiger partial charge in [0.05, 0.1) is 21.9 Å². The molecule has 2 aromatic carbocycles. The Kier molecular flexibility index (Phi) is 5.49. The van der Waals surface area contributed by atoms with Gasteiger partial charge in [0.2, 0.25) is 5.91 Å². The number of hydrogen-bond acceptors (Lipinski definition) is 3. The quantitative estimate of drug-likeness (QED) is 0.637. The number of amides is 1. The predicted molar refractivity (Wildman–Crippen MR) is 101 cm³/mol. The Morgan fingerprint density at radius 1 is 1.00 bits per heavy atom.